The summed E-state index contributed by atoms with van der Waals surface area (Å²) < 4.78 is 9.36. The van der Waals surface area contributed by atoms with E-state index >= 15 is 0 Å². The van der Waals surface area contributed by atoms with E-state index in [1.807, 2.05) is 30.3 Å². The summed E-state index contributed by atoms with van der Waals surface area (Å²) in [6.45, 7) is -0.254. The average molecular weight is 287 g/mol. The van der Waals surface area contributed by atoms with Crippen LogP contribution in [0, 0.1) is 10.1 Å². The summed E-state index contributed by atoms with van der Waals surface area (Å²) in [7, 11) is 1.36. The summed E-state index contributed by atoms with van der Waals surface area (Å²) >= 11 is 0. The van der Waals surface area contributed by atoms with E-state index in [0.29, 0.717) is 5.56 Å². The number of rotatable bonds is 5. The number of hydrogen-bond donors (Lipinski definition) is 0. The fourth-order valence-electron chi connectivity index (χ4n) is 1.86. The third-order valence-electron chi connectivity index (χ3n) is 2.83. The maximum atomic E-state index is 11.8. The van der Waals surface area contributed by atoms with E-state index in [1.54, 1.807) is 6.07 Å². The molecule has 0 radical (unpaired) electrons. The molecule has 0 spiro atoms. The van der Waals surface area contributed by atoms with Gasteiger partial charge in [0.2, 0.25) is 0 Å². The van der Waals surface area contributed by atoms with Crippen LogP contribution >= 0.6 is 0 Å². The Balaban J connectivity index is 2.40. The highest BCUT2D eigenvalue weighted by atomic mass is 16.7. The molecule has 108 valence electrons. The number of esters is 1. The van der Waals surface area contributed by atoms with Crippen LogP contribution in [-0.4, -0.2) is 24.8 Å². The molecule has 0 fully saturated rings. The first-order valence-corrected chi connectivity index (χ1v) is 6.13. The number of methoxy groups -OCH3 is 1. The van der Waals surface area contributed by atoms with E-state index in [-0.39, 0.29) is 18.0 Å². The molecule has 0 aliphatic rings. The lowest BCUT2D eigenvalue weighted by Gasteiger charge is -2.06. The number of hydrogen-bond acceptors (Lipinski definition) is 5. The second-order valence-electron chi connectivity index (χ2n) is 4.19. The minimum atomic E-state index is -0.789. The lowest BCUT2D eigenvalue weighted by molar-refractivity contribution is -0.385. The van der Waals surface area contributed by atoms with Gasteiger partial charge in [0.05, 0.1) is 4.92 Å². The molecule has 0 unspecified atom stereocenters. The van der Waals surface area contributed by atoms with Crippen LogP contribution in [0.1, 0.15) is 10.4 Å². The van der Waals surface area contributed by atoms with Gasteiger partial charge in [0.1, 0.15) is 5.56 Å². The molecule has 0 saturated heterocycles. The SMILES string of the molecule is COCOC(=O)c1ccc(-c2ccccc2)cc1[N+](=O)[O-]. The van der Waals surface area contributed by atoms with Gasteiger partial charge >= 0.3 is 5.97 Å². The third-order valence-corrected chi connectivity index (χ3v) is 2.83. The Labute approximate surface area is 121 Å². The zero-order chi connectivity index (χ0) is 15.2. The summed E-state index contributed by atoms with van der Waals surface area (Å²) in [5.74, 6) is -0.789. The molecule has 0 N–H and O–H groups in total. The Kier molecular flexibility index (Phi) is 4.63. The fourth-order valence-corrected chi connectivity index (χ4v) is 1.86. The molecular formula is C15H13NO5. The number of nitrogens with zero attached hydrogens (tertiary/aromatic N) is 1. The topological polar surface area (TPSA) is 78.7 Å². The first-order chi connectivity index (χ1) is 10.1. The molecule has 2 aromatic carbocycles. The zero-order valence-corrected chi connectivity index (χ0v) is 11.3. The molecular weight excluding hydrogens is 274 g/mol. The molecule has 0 bridgehead atoms. The van der Waals surface area contributed by atoms with E-state index < -0.39 is 10.9 Å². The Morgan fingerprint density at radius 3 is 2.48 bits per heavy atom. The molecule has 0 aliphatic carbocycles. The highest BCUT2D eigenvalue weighted by molar-refractivity contribution is 5.94. The number of benzene rings is 2. The Bertz CT molecular complexity index is 654. The van der Waals surface area contributed by atoms with Crippen LogP contribution in [0.25, 0.3) is 11.1 Å². The van der Waals surface area contributed by atoms with Crippen molar-refractivity contribution in [2.24, 2.45) is 0 Å². The number of nitro benzene ring substituents is 1. The summed E-state index contributed by atoms with van der Waals surface area (Å²) in [4.78, 5) is 22.3. The van der Waals surface area contributed by atoms with Gasteiger partial charge in [-0.2, -0.15) is 0 Å². The monoisotopic (exact) mass is 287 g/mol. The second-order valence-corrected chi connectivity index (χ2v) is 4.19. The fraction of sp³-hybridized carbons (Fsp3) is 0.133. The maximum Gasteiger partial charge on any atom is 0.347 e. The minimum absolute atomic E-state index is 0.100. The Morgan fingerprint density at radius 2 is 1.86 bits per heavy atom. The molecule has 0 saturated carbocycles. The number of carbonyl (C=O) groups excluding carboxylic acids is 1. The predicted molar refractivity (Wildman–Crippen MR) is 75.8 cm³/mol. The molecule has 0 aromatic heterocycles. The highest BCUT2D eigenvalue weighted by Crippen LogP contribution is 2.27. The van der Waals surface area contributed by atoms with Crippen molar-refractivity contribution in [3.63, 3.8) is 0 Å². The van der Waals surface area contributed by atoms with Crippen molar-refractivity contribution >= 4 is 11.7 Å². The predicted octanol–water partition coefficient (Wildman–Crippen LogP) is 3.02. The van der Waals surface area contributed by atoms with Gasteiger partial charge in [-0.05, 0) is 17.2 Å². The smallest absolute Gasteiger partial charge is 0.347 e. The van der Waals surface area contributed by atoms with Crippen molar-refractivity contribution in [1.82, 2.24) is 0 Å². The minimum Gasteiger partial charge on any atom is -0.435 e. The van der Waals surface area contributed by atoms with Gasteiger partial charge in [0.25, 0.3) is 5.69 Å². The molecule has 0 heterocycles. The van der Waals surface area contributed by atoms with Crippen LogP contribution in [0.2, 0.25) is 0 Å². The quantitative estimate of drug-likeness (QED) is 0.365. The second kappa shape index (κ2) is 6.62. The molecule has 2 rings (SSSR count). The van der Waals surface area contributed by atoms with Crippen LogP contribution in [-0.2, 0) is 9.47 Å². The molecule has 2 aromatic rings. The van der Waals surface area contributed by atoms with Gasteiger partial charge in [0, 0.05) is 13.2 Å². The summed E-state index contributed by atoms with van der Waals surface area (Å²) in [6.07, 6.45) is 0. The van der Waals surface area contributed by atoms with Crippen molar-refractivity contribution in [2.75, 3.05) is 13.9 Å². The molecule has 21 heavy (non-hydrogen) atoms. The van der Waals surface area contributed by atoms with E-state index in [2.05, 4.69) is 4.74 Å². The lowest BCUT2D eigenvalue weighted by atomic mass is 10.0. The third kappa shape index (κ3) is 3.43. The Hall–Kier alpha value is -2.73. The van der Waals surface area contributed by atoms with Gasteiger partial charge in [-0.15, -0.1) is 0 Å². The standard InChI is InChI=1S/C15H13NO5/c1-20-10-21-15(17)13-8-7-12(9-14(13)16(18)19)11-5-3-2-4-6-11/h2-9H,10H2,1H3. The molecule has 6 heteroatoms. The van der Waals surface area contributed by atoms with Gasteiger partial charge in [-0.25, -0.2) is 4.79 Å². The number of nitro groups is 1. The molecule has 0 amide bonds. The van der Waals surface area contributed by atoms with E-state index in [9.17, 15) is 14.9 Å². The van der Waals surface area contributed by atoms with Crippen molar-refractivity contribution in [1.29, 1.82) is 0 Å². The van der Waals surface area contributed by atoms with Crippen LogP contribution in [0.4, 0.5) is 5.69 Å². The normalized spacial score (nSPS) is 10.1. The summed E-state index contributed by atoms with van der Waals surface area (Å²) in [5, 5.41) is 11.2. The van der Waals surface area contributed by atoms with Crippen molar-refractivity contribution in [3.05, 3.63) is 64.2 Å². The van der Waals surface area contributed by atoms with Crippen molar-refractivity contribution in [3.8, 4) is 11.1 Å². The summed E-state index contributed by atoms with van der Waals surface area (Å²) in [5.41, 5.74) is 1.09. The van der Waals surface area contributed by atoms with E-state index in [4.69, 9.17) is 4.74 Å². The molecule has 6 nitrogen and oxygen atoms in total. The zero-order valence-electron chi connectivity index (χ0n) is 11.3. The number of ether oxygens (including phenoxy) is 2. The largest absolute Gasteiger partial charge is 0.435 e. The Morgan fingerprint density at radius 1 is 1.14 bits per heavy atom. The number of carbonyl (C=O) groups is 1. The van der Waals surface area contributed by atoms with Crippen molar-refractivity contribution in [2.45, 2.75) is 0 Å². The van der Waals surface area contributed by atoms with E-state index in [0.717, 1.165) is 5.56 Å². The van der Waals surface area contributed by atoms with Crippen LogP contribution in [0.5, 0.6) is 0 Å². The van der Waals surface area contributed by atoms with Gasteiger partial charge in [-0.3, -0.25) is 10.1 Å². The summed E-state index contributed by atoms with van der Waals surface area (Å²) in [6, 6.07) is 13.6. The van der Waals surface area contributed by atoms with Gasteiger partial charge in [0.15, 0.2) is 6.79 Å². The van der Waals surface area contributed by atoms with Gasteiger partial charge < -0.3 is 9.47 Å². The highest BCUT2D eigenvalue weighted by Gasteiger charge is 2.22. The lowest BCUT2D eigenvalue weighted by Crippen LogP contribution is -2.10. The van der Waals surface area contributed by atoms with E-state index in [1.165, 1.54) is 19.2 Å². The van der Waals surface area contributed by atoms with Crippen molar-refractivity contribution < 1.29 is 19.2 Å². The van der Waals surface area contributed by atoms with Crippen LogP contribution in [0.15, 0.2) is 48.5 Å². The molecule has 0 atom stereocenters. The van der Waals surface area contributed by atoms with Crippen LogP contribution < -0.4 is 0 Å². The maximum absolute atomic E-state index is 11.8. The molecule has 0 aliphatic heterocycles. The average Bonchev–Trinajstić information content (AvgIpc) is 2.52. The first kappa shape index (κ1) is 14.7. The van der Waals surface area contributed by atoms with Crippen LogP contribution in [0.3, 0.4) is 0 Å². The van der Waals surface area contributed by atoms with Gasteiger partial charge in [-0.1, -0.05) is 36.4 Å². The first-order valence-electron chi connectivity index (χ1n) is 6.13.